The van der Waals surface area contributed by atoms with Crippen LogP contribution < -0.4 is 19.5 Å². The van der Waals surface area contributed by atoms with Gasteiger partial charge in [-0.3, -0.25) is 10.1 Å². The average molecular weight is 480 g/mol. The van der Waals surface area contributed by atoms with Crippen LogP contribution in [0, 0.1) is 5.82 Å². The van der Waals surface area contributed by atoms with E-state index < -0.39 is 23.5 Å². The average Bonchev–Trinajstić information content (AvgIpc) is 3.24. The summed E-state index contributed by atoms with van der Waals surface area (Å²) in [5.41, 5.74) is -0.613. The Bertz CT molecular complexity index is 1220. The molecule has 1 aliphatic heterocycles. The number of hydrogen-bond acceptors (Lipinski definition) is 6. The quantitative estimate of drug-likeness (QED) is 0.396. The summed E-state index contributed by atoms with van der Waals surface area (Å²) >= 11 is 0.994. The SMILES string of the molecule is COc1ccc(-c2csc(NC(=O)C=C(c3ccc4c(c3)OCCO4)C(F)(F)F)n2)cc1F. The van der Waals surface area contributed by atoms with E-state index in [1.54, 1.807) is 11.4 Å². The van der Waals surface area contributed by atoms with Gasteiger partial charge in [-0.05, 0) is 35.9 Å². The Hall–Kier alpha value is -3.60. The molecule has 1 aliphatic rings. The summed E-state index contributed by atoms with van der Waals surface area (Å²) in [5, 5.41) is 3.93. The number of halogens is 4. The summed E-state index contributed by atoms with van der Waals surface area (Å²) in [4.78, 5) is 16.5. The molecule has 0 saturated carbocycles. The Morgan fingerprint density at radius 3 is 2.61 bits per heavy atom. The number of nitrogens with one attached hydrogen (secondary N) is 1. The molecule has 0 radical (unpaired) electrons. The predicted octanol–water partition coefficient (Wildman–Crippen LogP) is 5.31. The number of thiazole rings is 1. The molecular formula is C22H16F4N2O4S. The van der Waals surface area contributed by atoms with Crippen LogP contribution in [0.5, 0.6) is 17.2 Å². The molecule has 172 valence electrons. The second kappa shape index (κ2) is 9.10. The number of amides is 1. The molecule has 0 aliphatic carbocycles. The van der Waals surface area contributed by atoms with Crippen molar-refractivity contribution < 1.29 is 36.6 Å². The number of anilines is 1. The first-order chi connectivity index (χ1) is 15.7. The monoisotopic (exact) mass is 480 g/mol. The molecule has 0 fully saturated rings. The lowest BCUT2D eigenvalue weighted by Gasteiger charge is -2.20. The van der Waals surface area contributed by atoms with Gasteiger partial charge in [0, 0.05) is 17.0 Å². The number of aromatic nitrogens is 1. The normalized spacial score (nSPS) is 13.5. The molecule has 0 saturated heterocycles. The van der Waals surface area contributed by atoms with Gasteiger partial charge < -0.3 is 14.2 Å². The van der Waals surface area contributed by atoms with Crippen molar-refractivity contribution >= 4 is 27.9 Å². The first-order valence-corrected chi connectivity index (χ1v) is 10.4. The van der Waals surface area contributed by atoms with Crippen LogP contribution in [-0.2, 0) is 4.79 Å². The van der Waals surface area contributed by atoms with Gasteiger partial charge in [0.15, 0.2) is 28.2 Å². The fourth-order valence-electron chi connectivity index (χ4n) is 3.10. The molecule has 6 nitrogen and oxygen atoms in total. The number of rotatable bonds is 5. The van der Waals surface area contributed by atoms with Gasteiger partial charge in [-0.15, -0.1) is 11.3 Å². The highest BCUT2D eigenvalue weighted by molar-refractivity contribution is 7.14. The van der Waals surface area contributed by atoms with Gasteiger partial charge in [0.05, 0.1) is 18.4 Å². The lowest BCUT2D eigenvalue weighted by molar-refractivity contribution is -0.112. The molecule has 1 amide bonds. The summed E-state index contributed by atoms with van der Waals surface area (Å²) < 4.78 is 70.5. The highest BCUT2D eigenvalue weighted by Gasteiger charge is 2.36. The number of fused-ring (bicyclic) bond motifs is 1. The smallest absolute Gasteiger partial charge is 0.417 e. The van der Waals surface area contributed by atoms with E-state index in [2.05, 4.69) is 10.3 Å². The van der Waals surface area contributed by atoms with Gasteiger partial charge in [-0.1, -0.05) is 6.07 Å². The van der Waals surface area contributed by atoms with Gasteiger partial charge in [0.1, 0.15) is 13.2 Å². The number of benzene rings is 2. The van der Waals surface area contributed by atoms with E-state index in [0.717, 1.165) is 11.3 Å². The van der Waals surface area contributed by atoms with Crippen molar-refractivity contribution in [1.82, 2.24) is 4.98 Å². The second-order valence-corrected chi connectivity index (χ2v) is 7.65. The Morgan fingerprint density at radius 1 is 1.15 bits per heavy atom. The number of nitrogens with zero attached hydrogens (tertiary/aromatic N) is 1. The molecule has 2 aromatic carbocycles. The van der Waals surface area contributed by atoms with E-state index in [9.17, 15) is 22.4 Å². The summed E-state index contributed by atoms with van der Waals surface area (Å²) in [7, 11) is 1.34. The Labute approximate surface area is 189 Å². The number of methoxy groups -OCH3 is 1. The third kappa shape index (κ3) is 5.08. The number of carbonyl (C=O) groups is 1. The molecular weight excluding hydrogens is 464 g/mol. The van der Waals surface area contributed by atoms with Crippen LogP contribution in [0.2, 0.25) is 0 Å². The zero-order chi connectivity index (χ0) is 23.6. The number of alkyl halides is 3. The molecule has 0 bridgehead atoms. The van der Waals surface area contributed by atoms with Gasteiger partial charge in [-0.25, -0.2) is 9.37 Å². The Morgan fingerprint density at radius 2 is 1.91 bits per heavy atom. The van der Waals surface area contributed by atoms with Crippen LogP contribution in [0.1, 0.15) is 5.56 Å². The number of carbonyl (C=O) groups excluding carboxylic acids is 1. The Balaban J connectivity index is 1.55. The standard InChI is InChI=1S/C22H16F4N2O4S/c1-30-17-4-3-13(8-15(17)23)16-11-33-21(27-16)28-20(29)10-14(22(24,25)26)12-2-5-18-19(9-12)32-7-6-31-18/h2-5,8-11H,6-7H2,1H3,(H,27,28,29). The van der Waals surface area contributed by atoms with Gasteiger partial charge >= 0.3 is 6.18 Å². The third-order valence-corrected chi connectivity index (χ3v) is 5.37. The van der Waals surface area contributed by atoms with Gasteiger partial charge in [0.2, 0.25) is 0 Å². The summed E-state index contributed by atoms with van der Waals surface area (Å²) in [6.07, 6.45) is -4.34. The first-order valence-electron chi connectivity index (χ1n) is 9.54. The summed E-state index contributed by atoms with van der Waals surface area (Å²) in [5.74, 6) is -1.04. The third-order valence-electron chi connectivity index (χ3n) is 4.62. The van der Waals surface area contributed by atoms with Crippen LogP contribution >= 0.6 is 11.3 Å². The first kappa shape index (κ1) is 22.6. The fourth-order valence-corrected chi connectivity index (χ4v) is 3.82. The number of hydrogen-bond donors (Lipinski definition) is 1. The molecule has 3 aromatic rings. The topological polar surface area (TPSA) is 69.7 Å². The molecule has 0 spiro atoms. The molecule has 1 aromatic heterocycles. The number of allylic oxidation sites excluding steroid dienone is 1. The Kier molecular flexibility index (Phi) is 6.23. The molecule has 0 unspecified atom stereocenters. The molecule has 11 heteroatoms. The van der Waals surface area contributed by atoms with Crippen molar-refractivity contribution in [3.8, 4) is 28.5 Å². The van der Waals surface area contributed by atoms with Crippen LogP contribution in [0.4, 0.5) is 22.7 Å². The van der Waals surface area contributed by atoms with E-state index in [0.29, 0.717) is 29.7 Å². The maximum absolute atomic E-state index is 13.9. The lowest BCUT2D eigenvalue weighted by atomic mass is 10.0. The van der Waals surface area contributed by atoms with Crippen molar-refractivity contribution in [2.45, 2.75) is 6.18 Å². The van der Waals surface area contributed by atoms with Crippen molar-refractivity contribution in [1.29, 1.82) is 0 Å². The van der Waals surface area contributed by atoms with Crippen molar-refractivity contribution in [2.75, 3.05) is 25.6 Å². The van der Waals surface area contributed by atoms with E-state index >= 15 is 0 Å². The van der Waals surface area contributed by atoms with Gasteiger partial charge in [-0.2, -0.15) is 13.2 Å². The minimum absolute atomic E-state index is 0.0613. The minimum atomic E-state index is -4.80. The van der Waals surface area contributed by atoms with Crippen LogP contribution in [0.15, 0.2) is 47.9 Å². The minimum Gasteiger partial charge on any atom is -0.494 e. The number of ether oxygens (including phenoxy) is 3. The predicted molar refractivity (Wildman–Crippen MR) is 114 cm³/mol. The molecule has 4 rings (SSSR count). The van der Waals surface area contributed by atoms with E-state index in [1.165, 1.54) is 37.4 Å². The zero-order valence-corrected chi connectivity index (χ0v) is 17.8. The second-order valence-electron chi connectivity index (χ2n) is 6.79. The molecule has 33 heavy (non-hydrogen) atoms. The van der Waals surface area contributed by atoms with E-state index in [-0.39, 0.29) is 28.8 Å². The maximum atomic E-state index is 13.9. The lowest BCUT2D eigenvalue weighted by Crippen LogP contribution is -2.18. The highest BCUT2D eigenvalue weighted by atomic mass is 32.1. The van der Waals surface area contributed by atoms with E-state index in [1.807, 2.05) is 0 Å². The van der Waals surface area contributed by atoms with Gasteiger partial charge in [0.25, 0.3) is 5.91 Å². The van der Waals surface area contributed by atoms with Crippen molar-refractivity contribution in [3.05, 3.63) is 59.2 Å². The molecule has 0 atom stereocenters. The van der Waals surface area contributed by atoms with E-state index in [4.69, 9.17) is 14.2 Å². The fraction of sp³-hybridized carbons (Fsp3) is 0.182. The largest absolute Gasteiger partial charge is 0.494 e. The molecule has 2 heterocycles. The van der Waals surface area contributed by atoms with Crippen LogP contribution in [-0.4, -0.2) is 37.4 Å². The van der Waals surface area contributed by atoms with Crippen LogP contribution in [0.25, 0.3) is 16.8 Å². The maximum Gasteiger partial charge on any atom is 0.417 e. The zero-order valence-electron chi connectivity index (χ0n) is 17.0. The summed E-state index contributed by atoms with van der Waals surface area (Å²) in [6, 6.07) is 7.96. The van der Waals surface area contributed by atoms with Crippen LogP contribution in [0.3, 0.4) is 0 Å². The van der Waals surface area contributed by atoms with Crippen molar-refractivity contribution in [2.24, 2.45) is 0 Å². The molecule has 1 N–H and O–H groups in total. The van der Waals surface area contributed by atoms with Crippen molar-refractivity contribution in [3.63, 3.8) is 0 Å². The summed E-state index contributed by atoms with van der Waals surface area (Å²) in [6.45, 7) is 0.516. The highest BCUT2D eigenvalue weighted by Crippen LogP contribution is 2.39.